The monoisotopic (exact) mass is 466 g/mol. The number of carbonyl (C=O) groups excluding carboxylic acids is 1. The van der Waals surface area contributed by atoms with Crippen molar-refractivity contribution in [3.05, 3.63) is 75.9 Å². The van der Waals surface area contributed by atoms with Gasteiger partial charge < -0.3 is 10.7 Å². The van der Waals surface area contributed by atoms with Gasteiger partial charge >= 0.3 is 6.18 Å². The maximum Gasteiger partial charge on any atom is 0.417 e. The summed E-state index contributed by atoms with van der Waals surface area (Å²) in [5.41, 5.74) is 7.11. The number of hydrazine groups is 2. The van der Waals surface area contributed by atoms with Crippen LogP contribution < -0.4 is 21.3 Å². The highest BCUT2D eigenvalue weighted by Crippen LogP contribution is 2.36. The number of anilines is 1. The molecule has 7 nitrogen and oxygen atoms in total. The molecule has 0 saturated carbocycles. The van der Waals surface area contributed by atoms with Gasteiger partial charge in [-0.15, -0.1) is 5.53 Å². The number of nitrogens with zero attached hydrogens (tertiary/aromatic N) is 3. The molecule has 0 aliphatic carbocycles. The predicted molar refractivity (Wildman–Crippen MR) is 115 cm³/mol. The minimum atomic E-state index is -4.66. The minimum Gasteiger partial charge on any atom is -0.344 e. The number of allylic oxidation sites excluding steroid dienone is 2. The van der Waals surface area contributed by atoms with Gasteiger partial charge in [-0.25, -0.2) is 15.0 Å². The largest absolute Gasteiger partial charge is 0.417 e. The van der Waals surface area contributed by atoms with Gasteiger partial charge in [-0.3, -0.25) is 4.79 Å². The van der Waals surface area contributed by atoms with Crippen LogP contribution in [-0.2, 0) is 6.18 Å². The lowest BCUT2D eigenvalue weighted by Crippen LogP contribution is -2.42. The Labute approximate surface area is 188 Å². The van der Waals surface area contributed by atoms with Gasteiger partial charge in [0.05, 0.1) is 33.6 Å². The molecule has 1 aliphatic heterocycles. The zero-order valence-corrected chi connectivity index (χ0v) is 18.3. The second kappa shape index (κ2) is 9.58. The first-order valence-electron chi connectivity index (χ1n) is 9.71. The van der Waals surface area contributed by atoms with E-state index in [4.69, 9.17) is 11.6 Å². The Balaban J connectivity index is 1.89. The van der Waals surface area contributed by atoms with E-state index in [0.29, 0.717) is 18.1 Å². The summed E-state index contributed by atoms with van der Waals surface area (Å²) in [6, 6.07) is 4.34. The number of hydrogen-bond donors (Lipinski definition) is 3. The van der Waals surface area contributed by atoms with Gasteiger partial charge in [0.2, 0.25) is 5.95 Å². The fourth-order valence-corrected chi connectivity index (χ4v) is 3.41. The van der Waals surface area contributed by atoms with E-state index in [1.165, 1.54) is 6.07 Å². The Kier molecular flexibility index (Phi) is 7.05. The van der Waals surface area contributed by atoms with E-state index >= 15 is 0 Å². The first-order valence-corrected chi connectivity index (χ1v) is 10.1. The van der Waals surface area contributed by atoms with E-state index in [0.717, 1.165) is 23.4 Å². The normalized spacial score (nSPS) is 14.8. The SMILES string of the molecule is CC(C)=CCC1=C(C(C)NC(=O)c2cccc(C(F)(F)F)c2Cl)NNN1c1ncccn1. The zero-order valence-electron chi connectivity index (χ0n) is 17.6. The Hall–Kier alpha value is -3.11. The second-order valence-corrected chi connectivity index (χ2v) is 7.70. The van der Waals surface area contributed by atoms with E-state index in [2.05, 4.69) is 26.2 Å². The molecular formula is C21H22ClF3N6O. The molecule has 0 bridgehead atoms. The van der Waals surface area contributed by atoms with Crippen LogP contribution in [0.15, 0.2) is 59.7 Å². The molecule has 0 radical (unpaired) electrons. The van der Waals surface area contributed by atoms with E-state index in [1.807, 2.05) is 19.9 Å². The standard InChI is InChI=1S/C21H22ClF3N6O/c1-12(2)8-9-16-18(29-30-31(16)20-26-10-5-11-27-20)13(3)28-19(32)14-6-4-7-15(17(14)22)21(23,24)25/h4-8,10-11,13,29-30H,9H2,1-3H3,(H,28,32). The summed E-state index contributed by atoms with van der Waals surface area (Å²) in [4.78, 5) is 21.2. The van der Waals surface area contributed by atoms with Crippen molar-refractivity contribution in [2.45, 2.75) is 39.4 Å². The van der Waals surface area contributed by atoms with Crippen LogP contribution in [-0.4, -0.2) is 21.9 Å². The topological polar surface area (TPSA) is 82.2 Å². The van der Waals surface area contributed by atoms with Crippen LogP contribution in [0.5, 0.6) is 0 Å². The molecule has 0 saturated heterocycles. The van der Waals surface area contributed by atoms with Crippen molar-refractivity contribution in [3.63, 3.8) is 0 Å². The van der Waals surface area contributed by atoms with Gasteiger partial charge in [0, 0.05) is 18.8 Å². The lowest BCUT2D eigenvalue weighted by Gasteiger charge is -2.19. The minimum absolute atomic E-state index is 0.256. The molecule has 3 rings (SSSR count). The van der Waals surface area contributed by atoms with Crippen molar-refractivity contribution in [1.29, 1.82) is 0 Å². The molecule has 11 heteroatoms. The number of amides is 1. The van der Waals surface area contributed by atoms with Crippen molar-refractivity contribution in [2.75, 3.05) is 5.01 Å². The molecule has 2 heterocycles. The van der Waals surface area contributed by atoms with Crippen LogP contribution in [0.4, 0.5) is 19.1 Å². The van der Waals surface area contributed by atoms with Gasteiger partial charge in [-0.1, -0.05) is 29.3 Å². The number of nitrogens with one attached hydrogen (secondary N) is 3. The third kappa shape index (κ3) is 5.20. The Bertz CT molecular complexity index is 1050. The smallest absolute Gasteiger partial charge is 0.344 e. The average molecular weight is 467 g/mol. The molecule has 0 spiro atoms. The fraction of sp³-hybridized carbons (Fsp3) is 0.286. The molecule has 2 aromatic rings. The maximum atomic E-state index is 13.1. The van der Waals surface area contributed by atoms with Gasteiger partial charge in [0.15, 0.2) is 0 Å². The van der Waals surface area contributed by atoms with Crippen LogP contribution in [0.25, 0.3) is 0 Å². The highest BCUT2D eigenvalue weighted by atomic mass is 35.5. The summed E-state index contributed by atoms with van der Waals surface area (Å²) < 4.78 is 39.4. The van der Waals surface area contributed by atoms with E-state index in [1.54, 1.807) is 30.4 Å². The molecule has 1 aromatic heterocycles. The molecule has 1 atom stereocenters. The fourth-order valence-electron chi connectivity index (χ4n) is 3.09. The van der Waals surface area contributed by atoms with Crippen molar-refractivity contribution in [3.8, 4) is 0 Å². The first-order chi connectivity index (χ1) is 15.1. The van der Waals surface area contributed by atoms with E-state index in [-0.39, 0.29) is 5.56 Å². The van der Waals surface area contributed by atoms with Crippen molar-refractivity contribution in [1.82, 2.24) is 26.2 Å². The van der Waals surface area contributed by atoms with Crippen LogP contribution in [0.2, 0.25) is 5.02 Å². The average Bonchev–Trinajstić information content (AvgIpc) is 3.16. The van der Waals surface area contributed by atoms with Crippen molar-refractivity contribution >= 4 is 23.5 Å². The molecule has 1 aromatic carbocycles. The number of alkyl halides is 3. The van der Waals surface area contributed by atoms with Gasteiger partial charge in [0.25, 0.3) is 5.91 Å². The van der Waals surface area contributed by atoms with Crippen LogP contribution in [0.1, 0.15) is 43.1 Å². The Morgan fingerprint density at radius 2 is 1.94 bits per heavy atom. The molecule has 0 fully saturated rings. The highest BCUT2D eigenvalue weighted by Gasteiger charge is 2.35. The quantitative estimate of drug-likeness (QED) is 0.549. The number of halogens is 4. The molecule has 1 amide bonds. The Morgan fingerprint density at radius 3 is 2.56 bits per heavy atom. The molecule has 170 valence electrons. The highest BCUT2D eigenvalue weighted by molar-refractivity contribution is 6.34. The summed E-state index contributed by atoms with van der Waals surface area (Å²) in [7, 11) is 0. The summed E-state index contributed by atoms with van der Waals surface area (Å²) in [5.74, 6) is -0.328. The molecule has 1 aliphatic rings. The van der Waals surface area contributed by atoms with Crippen molar-refractivity contribution in [2.24, 2.45) is 0 Å². The van der Waals surface area contributed by atoms with E-state index < -0.39 is 28.7 Å². The number of carbonyl (C=O) groups is 1. The third-order valence-corrected chi connectivity index (χ3v) is 5.08. The molecular weight excluding hydrogens is 445 g/mol. The summed E-state index contributed by atoms with van der Waals surface area (Å²) in [6.07, 6.45) is 1.04. The maximum absolute atomic E-state index is 13.1. The zero-order chi connectivity index (χ0) is 23.5. The lowest BCUT2D eigenvalue weighted by atomic mass is 10.1. The van der Waals surface area contributed by atoms with Crippen LogP contribution in [0.3, 0.4) is 0 Å². The van der Waals surface area contributed by atoms with Crippen LogP contribution >= 0.6 is 11.6 Å². The molecule has 32 heavy (non-hydrogen) atoms. The number of benzene rings is 1. The number of aromatic nitrogens is 2. The van der Waals surface area contributed by atoms with Crippen molar-refractivity contribution < 1.29 is 18.0 Å². The third-order valence-electron chi connectivity index (χ3n) is 4.67. The van der Waals surface area contributed by atoms with Gasteiger partial charge in [0.1, 0.15) is 0 Å². The van der Waals surface area contributed by atoms with Crippen LogP contribution in [0, 0.1) is 0 Å². The first kappa shape index (κ1) is 23.6. The summed E-state index contributed by atoms with van der Waals surface area (Å²) >= 11 is 5.89. The second-order valence-electron chi connectivity index (χ2n) is 7.33. The predicted octanol–water partition coefficient (Wildman–Crippen LogP) is 4.36. The summed E-state index contributed by atoms with van der Waals surface area (Å²) in [5, 5.41) is 3.72. The summed E-state index contributed by atoms with van der Waals surface area (Å²) in [6.45, 7) is 5.63. The Morgan fingerprint density at radius 1 is 1.25 bits per heavy atom. The number of hydrogen-bond acceptors (Lipinski definition) is 6. The molecule has 3 N–H and O–H groups in total. The van der Waals surface area contributed by atoms with Gasteiger partial charge in [-0.05, 0) is 39.0 Å². The number of rotatable bonds is 6. The lowest BCUT2D eigenvalue weighted by molar-refractivity contribution is -0.137. The molecule has 1 unspecified atom stereocenters. The van der Waals surface area contributed by atoms with E-state index in [9.17, 15) is 18.0 Å². The van der Waals surface area contributed by atoms with Gasteiger partial charge in [-0.2, -0.15) is 13.2 Å².